The SMILES string of the molecule is O=S(=O)(CC=Cc1ccccc1)Cc1cccc(F)c1. The molecule has 0 aliphatic carbocycles. The van der Waals surface area contributed by atoms with Crippen molar-refractivity contribution < 1.29 is 12.8 Å². The maximum atomic E-state index is 13.0. The number of halogens is 1. The quantitative estimate of drug-likeness (QED) is 0.845. The highest BCUT2D eigenvalue weighted by molar-refractivity contribution is 7.90. The van der Waals surface area contributed by atoms with Gasteiger partial charge >= 0.3 is 0 Å². The van der Waals surface area contributed by atoms with E-state index in [-0.39, 0.29) is 11.5 Å². The van der Waals surface area contributed by atoms with Crippen LogP contribution in [-0.2, 0) is 15.6 Å². The Morgan fingerprint density at radius 1 is 1.00 bits per heavy atom. The Bertz CT molecular complexity index is 691. The van der Waals surface area contributed by atoms with Crippen molar-refractivity contribution in [1.82, 2.24) is 0 Å². The smallest absolute Gasteiger partial charge is 0.157 e. The summed E-state index contributed by atoms with van der Waals surface area (Å²) in [7, 11) is -3.28. The molecule has 2 rings (SSSR count). The van der Waals surface area contributed by atoms with Crippen LogP contribution in [0.5, 0.6) is 0 Å². The number of hydrogen-bond acceptors (Lipinski definition) is 2. The molecule has 20 heavy (non-hydrogen) atoms. The summed E-state index contributed by atoms with van der Waals surface area (Å²) in [4.78, 5) is 0. The fourth-order valence-electron chi connectivity index (χ4n) is 1.83. The molecule has 2 nitrogen and oxygen atoms in total. The standard InChI is InChI=1S/C16H15FO2S/c17-16-10-4-8-15(12-16)13-20(18,19)11-5-9-14-6-2-1-3-7-14/h1-10,12H,11,13H2. The highest BCUT2D eigenvalue weighted by atomic mass is 32.2. The van der Waals surface area contributed by atoms with Gasteiger partial charge in [0.1, 0.15) is 5.82 Å². The van der Waals surface area contributed by atoms with Crippen molar-refractivity contribution in [2.24, 2.45) is 0 Å². The van der Waals surface area contributed by atoms with Crippen LogP contribution in [0.2, 0.25) is 0 Å². The van der Waals surface area contributed by atoms with Crippen LogP contribution < -0.4 is 0 Å². The van der Waals surface area contributed by atoms with Crippen molar-refractivity contribution in [3.8, 4) is 0 Å². The predicted octanol–water partition coefficient (Wildman–Crippen LogP) is 3.45. The molecular weight excluding hydrogens is 275 g/mol. The topological polar surface area (TPSA) is 34.1 Å². The van der Waals surface area contributed by atoms with Gasteiger partial charge in [-0.1, -0.05) is 54.6 Å². The van der Waals surface area contributed by atoms with Gasteiger partial charge in [0.15, 0.2) is 9.84 Å². The zero-order chi connectivity index (χ0) is 14.4. The van der Waals surface area contributed by atoms with E-state index in [1.807, 2.05) is 30.3 Å². The van der Waals surface area contributed by atoms with Gasteiger partial charge in [0.05, 0.1) is 11.5 Å². The lowest BCUT2D eigenvalue weighted by Crippen LogP contribution is -2.07. The first-order valence-corrected chi connectivity index (χ1v) is 8.04. The fraction of sp³-hybridized carbons (Fsp3) is 0.125. The van der Waals surface area contributed by atoms with Gasteiger partial charge in [-0.25, -0.2) is 12.8 Å². The molecule has 0 unspecified atom stereocenters. The van der Waals surface area contributed by atoms with Crippen molar-refractivity contribution in [2.75, 3.05) is 5.75 Å². The van der Waals surface area contributed by atoms with Crippen LogP contribution in [-0.4, -0.2) is 14.2 Å². The molecular formula is C16H15FO2S. The van der Waals surface area contributed by atoms with Gasteiger partial charge in [-0.05, 0) is 23.3 Å². The van der Waals surface area contributed by atoms with E-state index in [0.717, 1.165) is 5.56 Å². The summed E-state index contributed by atoms with van der Waals surface area (Å²) in [5, 5.41) is 0. The van der Waals surface area contributed by atoms with E-state index in [2.05, 4.69) is 0 Å². The van der Waals surface area contributed by atoms with E-state index < -0.39 is 15.7 Å². The van der Waals surface area contributed by atoms with Crippen LogP contribution in [0, 0.1) is 5.82 Å². The second-order valence-corrected chi connectivity index (χ2v) is 6.61. The van der Waals surface area contributed by atoms with E-state index in [4.69, 9.17) is 0 Å². The number of benzene rings is 2. The molecule has 0 fully saturated rings. The van der Waals surface area contributed by atoms with Gasteiger partial charge in [-0.15, -0.1) is 0 Å². The second-order valence-electron chi connectivity index (χ2n) is 4.50. The largest absolute Gasteiger partial charge is 0.228 e. The maximum Gasteiger partial charge on any atom is 0.157 e. The first-order chi connectivity index (χ1) is 9.55. The molecule has 4 heteroatoms. The summed E-state index contributed by atoms with van der Waals surface area (Å²) in [6.45, 7) is 0. The lowest BCUT2D eigenvalue weighted by atomic mass is 10.2. The van der Waals surface area contributed by atoms with E-state index >= 15 is 0 Å². The van der Waals surface area contributed by atoms with Crippen LogP contribution in [0.15, 0.2) is 60.7 Å². The molecule has 0 atom stereocenters. The Morgan fingerprint density at radius 3 is 2.45 bits per heavy atom. The third-order valence-electron chi connectivity index (χ3n) is 2.74. The van der Waals surface area contributed by atoms with E-state index in [0.29, 0.717) is 5.56 Å². The molecule has 0 heterocycles. The van der Waals surface area contributed by atoms with Gasteiger partial charge in [0.2, 0.25) is 0 Å². The first kappa shape index (κ1) is 14.5. The Morgan fingerprint density at radius 2 is 1.75 bits per heavy atom. The minimum absolute atomic E-state index is 0.0571. The van der Waals surface area contributed by atoms with E-state index in [1.165, 1.54) is 18.2 Å². The zero-order valence-corrected chi connectivity index (χ0v) is 11.7. The average Bonchev–Trinajstić information content (AvgIpc) is 2.39. The number of sulfone groups is 1. The second kappa shape index (κ2) is 6.48. The lowest BCUT2D eigenvalue weighted by Gasteiger charge is -2.02. The molecule has 0 aliphatic rings. The Hall–Kier alpha value is -1.94. The molecule has 0 radical (unpaired) electrons. The molecule has 2 aromatic carbocycles. The van der Waals surface area contributed by atoms with Crippen LogP contribution in [0.1, 0.15) is 11.1 Å². The first-order valence-electron chi connectivity index (χ1n) is 6.22. The third-order valence-corrected chi connectivity index (χ3v) is 4.21. The van der Waals surface area contributed by atoms with Crippen LogP contribution >= 0.6 is 0 Å². The highest BCUT2D eigenvalue weighted by Crippen LogP contribution is 2.10. The predicted molar refractivity (Wildman–Crippen MR) is 79.4 cm³/mol. The summed E-state index contributed by atoms with van der Waals surface area (Å²) >= 11 is 0. The number of hydrogen-bond donors (Lipinski definition) is 0. The van der Waals surface area contributed by atoms with Gasteiger partial charge in [0, 0.05) is 0 Å². The van der Waals surface area contributed by atoms with Gasteiger partial charge in [-0.2, -0.15) is 0 Å². The van der Waals surface area contributed by atoms with Crippen molar-refractivity contribution >= 4 is 15.9 Å². The van der Waals surface area contributed by atoms with Crippen molar-refractivity contribution in [1.29, 1.82) is 0 Å². The van der Waals surface area contributed by atoms with Gasteiger partial charge in [0.25, 0.3) is 0 Å². The molecule has 0 saturated heterocycles. The lowest BCUT2D eigenvalue weighted by molar-refractivity contribution is 0.597. The highest BCUT2D eigenvalue weighted by Gasteiger charge is 2.10. The molecule has 0 saturated carbocycles. The molecule has 0 bridgehead atoms. The van der Waals surface area contributed by atoms with Gasteiger partial charge < -0.3 is 0 Å². The maximum absolute atomic E-state index is 13.0. The van der Waals surface area contributed by atoms with E-state index in [9.17, 15) is 12.8 Å². The van der Waals surface area contributed by atoms with Crippen LogP contribution in [0.4, 0.5) is 4.39 Å². The Kier molecular flexibility index (Phi) is 4.69. The summed E-state index contributed by atoms with van der Waals surface area (Å²) in [5.41, 5.74) is 1.42. The number of rotatable bonds is 5. The average molecular weight is 290 g/mol. The van der Waals surface area contributed by atoms with Crippen LogP contribution in [0.25, 0.3) is 6.08 Å². The molecule has 0 aliphatic heterocycles. The van der Waals surface area contributed by atoms with Crippen molar-refractivity contribution in [3.63, 3.8) is 0 Å². The summed E-state index contributed by atoms with van der Waals surface area (Å²) in [6, 6.07) is 15.1. The minimum atomic E-state index is -3.28. The summed E-state index contributed by atoms with van der Waals surface area (Å²) in [5.74, 6) is -0.625. The Labute approximate surface area is 118 Å². The molecule has 2 aromatic rings. The van der Waals surface area contributed by atoms with Crippen LogP contribution in [0.3, 0.4) is 0 Å². The zero-order valence-electron chi connectivity index (χ0n) is 10.9. The molecule has 0 N–H and O–H groups in total. The Balaban J connectivity index is 2.00. The van der Waals surface area contributed by atoms with Gasteiger partial charge in [-0.3, -0.25) is 0 Å². The van der Waals surface area contributed by atoms with Crippen molar-refractivity contribution in [3.05, 3.63) is 77.6 Å². The van der Waals surface area contributed by atoms with E-state index in [1.54, 1.807) is 18.2 Å². The van der Waals surface area contributed by atoms with Crippen molar-refractivity contribution in [2.45, 2.75) is 5.75 Å². The fourth-order valence-corrected chi connectivity index (χ4v) is 3.03. The molecule has 104 valence electrons. The summed E-state index contributed by atoms with van der Waals surface area (Å²) in [6.07, 6.45) is 3.38. The molecule has 0 aromatic heterocycles. The summed E-state index contributed by atoms with van der Waals surface area (Å²) < 4.78 is 36.9. The molecule has 0 amide bonds. The normalized spacial score (nSPS) is 11.8. The monoisotopic (exact) mass is 290 g/mol. The third kappa shape index (κ3) is 4.63. The minimum Gasteiger partial charge on any atom is -0.228 e. The molecule has 0 spiro atoms.